The maximum Gasteiger partial charge on any atom is 0.273 e. The van der Waals surface area contributed by atoms with Crippen LogP contribution in [0.25, 0.3) is 5.65 Å². The maximum absolute atomic E-state index is 13.5. The highest BCUT2D eigenvalue weighted by atomic mass is 19.1. The second-order valence-electron chi connectivity index (χ2n) is 4.62. The molecule has 0 aliphatic heterocycles. The molecular weight excluding hydrogens is 269 g/mol. The third-order valence-electron chi connectivity index (χ3n) is 3.18. The van der Waals surface area contributed by atoms with Gasteiger partial charge in [-0.1, -0.05) is 19.1 Å². The molecule has 0 aliphatic carbocycles. The van der Waals surface area contributed by atoms with Crippen molar-refractivity contribution in [1.29, 1.82) is 0 Å². The van der Waals surface area contributed by atoms with E-state index in [2.05, 4.69) is 18.1 Å². The molecule has 0 aliphatic rings. The van der Waals surface area contributed by atoms with Gasteiger partial charge in [0.1, 0.15) is 17.2 Å². The monoisotopic (exact) mass is 287 g/mol. The van der Waals surface area contributed by atoms with Gasteiger partial charge in [-0.3, -0.25) is 9.20 Å². The molecule has 0 fully saturated rings. The van der Waals surface area contributed by atoms with E-state index < -0.39 is 5.82 Å². The molecule has 0 atom stereocenters. The van der Waals surface area contributed by atoms with Crippen LogP contribution in [0.2, 0.25) is 0 Å². The van der Waals surface area contributed by atoms with Crippen molar-refractivity contribution in [2.24, 2.45) is 0 Å². The number of hydrogen-bond acceptors (Lipinski definition) is 2. The summed E-state index contributed by atoms with van der Waals surface area (Å²) in [5, 5.41) is 0. The fraction of sp³-hybridized carbons (Fsp3) is 0.250. The van der Waals surface area contributed by atoms with E-state index in [9.17, 15) is 9.18 Å². The van der Waals surface area contributed by atoms with Gasteiger partial charge in [0.25, 0.3) is 5.91 Å². The van der Waals surface area contributed by atoms with Gasteiger partial charge in [-0.15, -0.1) is 13.2 Å². The summed E-state index contributed by atoms with van der Waals surface area (Å²) in [5.41, 5.74) is 1.62. The topological polar surface area (TPSA) is 37.6 Å². The first-order valence-electron chi connectivity index (χ1n) is 6.79. The van der Waals surface area contributed by atoms with Gasteiger partial charge >= 0.3 is 0 Å². The molecule has 2 aromatic rings. The Morgan fingerprint density at radius 1 is 1.38 bits per heavy atom. The van der Waals surface area contributed by atoms with E-state index in [4.69, 9.17) is 0 Å². The molecule has 1 amide bonds. The van der Waals surface area contributed by atoms with Crippen LogP contribution in [0.15, 0.2) is 43.6 Å². The van der Waals surface area contributed by atoms with Crippen LogP contribution in [0, 0.1) is 5.82 Å². The van der Waals surface area contributed by atoms with Gasteiger partial charge in [-0.05, 0) is 18.6 Å². The van der Waals surface area contributed by atoms with E-state index in [0.29, 0.717) is 36.5 Å². The van der Waals surface area contributed by atoms with Crippen molar-refractivity contribution in [3.63, 3.8) is 0 Å². The largest absolute Gasteiger partial charge is 0.330 e. The molecule has 0 radical (unpaired) electrons. The predicted octanol–water partition coefficient (Wildman–Crippen LogP) is 2.85. The molecule has 0 spiro atoms. The predicted molar refractivity (Wildman–Crippen MR) is 80.8 cm³/mol. The number of halogens is 1. The Morgan fingerprint density at radius 2 is 2.05 bits per heavy atom. The Labute approximate surface area is 123 Å². The van der Waals surface area contributed by atoms with Crippen molar-refractivity contribution < 1.29 is 9.18 Å². The van der Waals surface area contributed by atoms with Crippen LogP contribution in [-0.2, 0) is 6.42 Å². The van der Waals surface area contributed by atoms with Gasteiger partial charge in [0.2, 0.25) is 0 Å². The first-order chi connectivity index (χ1) is 10.1. The number of imidazole rings is 1. The van der Waals surface area contributed by atoms with Crippen LogP contribution in [0.5, 0.6) is 0 Å². The summed E-state index contributed by atoms with van der Waals surface area (Å²) < 4.78 is 15.0. The van der Waals surface area contributed by atoms with E-state index in [1.165, 1.54) is 16.7 Å². The van der Waals surface area contributed by atoms with Crippen molar-refractivity contribution >= 4 is 11.6 Å². The molecule has 2 heterocycles. The summed E-state index contributed by atoms with van der Waals surface area (Å²) in [6.45, 7) is 10.0. The Bertz CT molecular complexity index is 680. The van der Waals surface area contributed by atoms with E-state index in [0.717, 1.165) is 0 Å². The van der Waals surface area contributed by atoms with Crippen LogP contribution < -0.4 is 0 Å². The fourth-order valence-electron chi connectivity index (χ4n) is 2.24. The van der Waals surface area contributed by atoms with Crippen molar-refractivity contribution in [1.82, 2.24) is 14.3 Å². The molecule has 2 aromatic heterocycles. The van der Waals surface area contributed by atoms with Crippen LogP contribution in [0.4, 0.5) is 4.39 Å². The second-order valence-corrected chi connectivity index (χ2v) is 4.62. The van der Waals surface area contributed by atoms with Gasteiger partial charge in [-0.2, -0.15) is 0 Å². The quantitative estimate of drug-likeness (QED) is 0.766. The summed E-state index contributed by atoms with van der Waals surface area (Å²) in [6.07, 6.45) is 5.18. The number of carbonyl (C=O) groups excluding carboxylic acids is 1. The van der Waals surface area contributed by atoms with Crippen LogP contribution in [-0.4, -0.2) is 33.3 Å². The van der Waals surface area contributed by atoms with Crippen molar-refractivity contribution in [3.8, 4) is 0 Å². The molecule has 21 heavy (non-hydrogen) atoms. The van der Waals surface area contributed by atoms with Gasteiger partial charge in [0.15, 0.2) is 0 Å². The average Bonchev–Trinajstić information content (AvgIpc) is 2.84. The number of aryl methyl sites for hydroxylation is 1. The van der Waals surface area contributed by atoms with E-state index in [1.54, 1.807) is 23.1 Å². The van der Waals surface area contributed by atoms with Crippen LogP contribution in [0.1, 0.15) is 23.1 Å². The minimum atomic E-state index is -0.407. The molecule has 0 bridgehead atoms. The van der Waals surface area contributed by atoms with Crippen LogP contribution in [0.3, 0.4) is 0 Å². The third kappa shape index (κ3) is 2.86. The lowest BCUT2D eigenvalue weighted by Gasteiger charge is -2.19. The molecule has 0 unspecified atom stereocenters. The Kier molecular flexibility index (Phi) is 4.52. The Morgan fingerprint density at radius 3 is 2.62 bits per heavy atom. The zero-order chi connectivity index (χ0) is 15.4. The second kappa shape index (κ2) is 6.35. The zero-order valence-electron chi connectivity index (χ0n) is 12.1. The van der Waals surface area contributed by atoms with Gasteiger partial charge in [0.05, 0.1) is 5.69 Å². The summed E-state index contributed by atoms with van der Waals surface area (Å²) in [7, 11) is 0. The first-order valence-corrected chi connectivity index (χ1v) is 6.79. The van der Waals surface area contributed by atoms with Gasteiger partial charge < -0.3 is 4.90 Å². The number of amides is 1. The third-order valence-corrected chi connectivity index (χ3v) is 3.18. The minimum absolute atomic E-state index is 0.204. The standard InChI is InChI=1S/C16H18FN3O/c1-4-9-19(10-5-2)16(21)15-13(6-3)18-14-8-7-12(17)11-20(14)15/h4-5,7-8,11H,1-2,6,9-10H2,3H3. The molecule has 110 valence electrons. The Hall–Kier alpha value is -2.43. The summed E-state index contributed by atoms with van der Waals surface area (Å²) in [4.78, 5) is 18.7. The van der Waals surface area contributed by atoms with E-state index in [1.807, 2.05) is 6.92 Å². The van der Waals surface area contributed by atoms with Gasteiger partial charge in [0, 0.05) is 19.3 Å². The zero-order valence-corrected chi connectivity index (χ0v) is 12.1. The molecule has 0 saturated heterocycles. The Balaban J connectivity index is 2.56. The number of fused-ring (bicyclic) bond motifs is 1. The number of hydrogen-bond donors (Lipinski definition) is 0. The molecule has 5 heteroatoms. The molecule has 4 nitrogen and oxygen atoms in total. The van der Waals surface area contributed by atoms with Crippen LogP contribution >= 0.6 is 0 Å². The molecule has 0 aromatic carbocycles. The lowest BCUT2D eigenvalue weighted by Crippen LogP contribution is -2.32. The number of aromatic nitrogens is 2. The number of rotatable bonds is 6. The first kappa shape index (κ1) is 15.0. The number of pyridine rings is 1. The molecule has 0 N–H and O–H groups in total. The SMILES string of the molecule is C=CCN(CC=C)C(=O)c1c(CC)nc2ccc(F)cn12. The van der Waals surface area contributed by atoms with E-state index in [-0.39, 0.29) is 5.91 Å². The number of carbonyl (C=O) groups is 1. The highest BCUT2D eigenvalue weighted by Crippen LogP contribution is 2.17. The molecule has 2 rings (SSSR count). The van der Waals surface area contributed by atoms with Gasteiger partial charge in [-0.25, -0.2) is 9.37 Å². The molecular formula is C16H18FN3O. The minimum Gasteiger partial charge on any atom is -0.330 e. The summed E-state index contributed by atoms with van der Waals surface area (Å²) >= 11 is 0. The normalized spacial score (nSPS) is 10.6. The lowest BCUT2D eigenvalue weighted by atomic mass is 10.2. The molecule has 0 saturated carbocycles. The van der Waals surface area contributed by atoms with Crippen molar-refractivity contribution in [3.05, 3.63) is 60.8 Å². The summed E-state index contributed by atoms with van der Waals surface area (Å²) in [6, 6.07) is 2.90. The van der Waals surface area contributed by atoms with Crippen molar-refractivity contribution in [2.75, 3.05) is 13.1 Å². The highest BCUT2D eigenvalue weighted by Gasteiger charge is 2.22. The fourth-order valence-corrected chi connectivity index (χ4v) is 2.24. The van der Waals surface area contributed by atoms with E-state index >= 15 is 0 Å². The maximum atomic E-state index is 13.5. The summed E-state index contributed by atoms with van der Waals surface area (Å²) in [5.74, 6) is -0.611. The highest BCUT2D eigenvalue weighted by molar-refractivity contribution is 5.95. The lowest BCUT2D eigenvalue weighted by molar-refractivity contribution is 0.0783. The van der Waals surface area contributed by atoms with Crippen molar-refractivity contribution in [2.45, 2.75) is 13.3 Å². The smallest absolute Gasteiger partial charge is 0.273 e. The average molecular weight is 287 g/mol. The number of nitrogens with zero attached hydrogens (tertiary/aromatic N) is 3.